The van der Waals surface area contributed by atoms with Crippen LogP contribution in [0.2, 0.25) is 0 Å². The van der Waals surface area contributed by atoms with Gasteiger partial charge < -0.3 is 9.64 Å². The van der Waals surface area contributed by atoms with Gasteiger partial charge in [0.2, 0.25) is 0 Å². The minimum atomic E-state index is -0.562. The Morgan fingerprint density at radius 3 is 2.45 bits per heavy atom. The third-order valence-electron chi connectivity index (χ3n) is 2.94. The molecule has 0 spiro atoms. The van der Waals surface area contributed by atoms with Crippen molar-refractivity contribution in [3.05, 3.63) is 53.8 Å². The highest BCUT2D eigenvalue weighted by Gasteiger charge is 2.17. The van der Waals surface area contributed by atoms with Crippen LogP contribution in [0, 0.1) is 5.82 Å². The molecule has 0 saturated carbocycles. The quantitative estimate of drug-likeness (QED) is 0.878. The van der Waals surface area contributed by atoms with Gasteiger partial charge in [0.1, 0.15) is 11.6 Å². The summed E-state index contributed by atoms with van der Waals surface area (Å²) in [5.74, 6) is -0.296. The number of hydrogen-bond acceptors (Lipinski definition) is 3. The zero-order valence-corrected chi connectivity index (χ0v) is 12.0. The molecule has 2 rings (SSSR count). The minimum absolute atomic E-state index is 0.00387. The maximum absolute atomic E-state index is 13.7. The Balaban J connectivity index is 2.29. The Morgan fingerprint density at radius 2 is 1.85 bits per heavy atom. The Labute approximate surface area is 122 Å². The monoisotopic (exact) mass is 291 g/mol. The number of nitrogens with zero attached hydrogens (tertiary/aromatic N) is 1. The molecule has 2 aromatic rings. The molecule has 0 aromatic heterocycles. The lowest BCUT2D eigenvalue weighted by Gasteiger charge is -2.18. The first-order valence-electron chi connectivity index (χ1n) is 5.93. The van der Waals surface area contributed by atoms with Gasteiger partial charge in [-0.3, -0.25) is 4.79 Å². The summed E-state index contributed by atoms with van der Waals surface area (Å²) in [6.07, 6.45) is 0. The molecular formula is C15H14FNO2S. The third kappa shape index (κ3) is 2.93. The van der Waals surface area contributed by atoms with Crippen molar-refractivity contribution in [1.29, 1.82) is 0 Å². The van der Waals surface area contributed by atoms with Crippen LogP contribution in [0.1, 0.15) is 10.4 Å². The van der Waals surface area contributed by atoms with E-state index in [2.05, 4.69) is 12.6 Å². The minimum Gasteiger partial charge on any atom is -0.497 e. The van der Waals surface area contributed by atoms with Gasteiger partial charge in [-0.2, -0.15) is 0 Å². The fourth-order valence-electron chi connectivity index (χ4n) is 1.78. The van der Waals surface area contributed by atoms with E-state index in [1.807, 2.05) is 0 Å². The van der Waals surface area contributed by atoms with Crippen LogP contribution in [-0.4, -0.2) is 20.1 Å². The lowest BCUT2D eigenvalue weighted by atomic mass is 10.1. The average Bonchev–Trinajstić information content (AvgIpc) is 2.48. The second-order valence-corrected chi connectivity index (χ2v) is 4.74. The van der Waals surface area contributed by atoms with Crippen LogP contribution in [-0.2, 0) is 0 Å². The van der Waals surface area contributed by atoms with Gasteiger partial charge >= 0.3 is 0 Å². The van der Waals surface area contributed by atoms with Crippen molar-refractivity contribution in [2.45, 2.75) is 4.90 Å². The first-order chi connectivity index (χ1) is 9.52. The highest BCUT2D eigenvalue weighted by atomic mass is 32.1. The molecule has 0 saturated heterocycles. The van der Waals surface area contributed by atoms with Crippen LogP contribution in [0.25, 0.3) is 0 Å². The molecule has 5 heteroatoms. The smallest absolute Gasteiger partial charge is 0.261 e. The van der Waals surface area contributed by atoms with Crippen molar-refractivity contribution in [1.82, 2.24) is 0 Å². The van der Waals surface area contributed by atoms with Gasteiger partial charge in [-0.05, 0) is 42.5 Å². The Bertz CT molecular complexity index is 628. The van der Waals surface area contributed by atoms with Crippen LogP contribution in [0.5, 0.6) is 5.75 Å². The van der Waals surface area contributed by atoms with Crippen molar-refractivity contribution < 1.29 is 13.9 Å². The van der Waals surface area contributed by atoms with E-state index in [0.29, 0.717) is 16.3 Å². The van der Waals surface area contributed by atoms with E-state index in [0.717, 1.165) is 0 Å². The van der Waals surface area contributed by atoms with Crippen LogP contribution < -0.4 is 9.64 Å². The van der Waals surface area contributed by atoms with Gasteiger partial charge in [-0.25, -0.2) is 4.39 Å². The zero-order valence-electron chi connectivity index (χ0n) is 11.1. The summed E-state index contributed by atoms with van der Waals surface area (Å²) < 4.78 is 18.8. The molecule has 1 amide bonds. The van der Waals surface area contributed by atoms with Gasteiger partial charge in [0.05, 0.1) is 12.7 Å². The van der Waals surface area contributed by atoms with Gasteiger partial charge in [-0.15, -0.1) is 12.6 Å². The molecular weight excluding hydrogens is 277 g/mol. The van der Waals surface area contributed by atoms with Crippen LogP contribution in [0.3, 0.4) is 0 Å². The molecule has 0 aliphatic carbocycles. The highest BCUT2D eigenvalue weighted by molar-refractivity contribution is 7.80. The summed E-state index contributed by atoms with van der Waals surface area (Å²) in [6, 6.07) is 11.1. The zero-order chi connectivity index (χ0) is 14.7. The molecule has 0 N–H and O–H groups in total. The van der Waals surface area contributed by atoms with E-state index in [1.165, 1.54) is 23.1 Å². The first-order valence-corrected chi connectivity index (χ1v) is 6.38. The van der Waals surface area contributed by atoms with Gasteiger partial charge in [0.15, 0.2) is 0 Å². The fraction of sp³-hybridized carbons (Fsp3) is 0.133. The SMILES string of the molecule is COc1ccc(N(C)C(=O)c2cc(S)ccc2F)cc1. The topological polar surface area (TPSA) is 29.5 Å². The maximum Gasteiger partial charge on any atom is 0.261 e. The number of hydrogen-bond donors (Lipinski definition) is 1. The van der Waals surface area contributed by atoms with E-state index in [4.69, 9.17) is 4.74 Å². The molecule has 0 bridgehead atoms. The molecule has 0 aliphatic heterocycles. The Morgan fingerprint density at radius 1 is 1.20 bits per heavy atom. The van der Waals surface area contributed by atoms with Crippen LogP contribution in [0.4, 0.5) is 10.1 Å². The standard InChI is InChI=1S/C15H14FNO2S/c1-17(10-3-5-11(19-2)6-4-10)15(18)13-9-12(20)7-8-14(13)16/h3-9,20H,1-2H3. The number of anilines is 1. The van der Waals surface area contributed by atoms with E-state index < -0.39 is 11.7 Å². The van der Waals surface area contributed by atoms with Crippen molar-refractivity contribution in [2.24, 2.45) is 0 Å². The van der Waals surface area contributed by atoms with Gasteiger partial charge in [-0.1, -0.05) is 0 Å². The van der Waals surface area contributed by atoms with Crippen molar-refractivity contribution in [2.75, 3.05) is 19.1 Å². The van der Waals surface area contributed by atoms with Crippen molar-refractivity contribution in [3.8, 4) is 5.75 Å². The predicted octanol–water partition coefficient (Wildman–Crippen LogP) is 3.40. The Hall–Kier alpha value is -2.01. The van der Waals surface area contributed by atoms with E-state index in [1.54, 1.807) is 38.4 Å². The molecule has 0 fully saturated rings. The second kappa shape index (κ2) is 5.96. The number of carbonyl (C=O) groups excluding carboxylic acids is 1. The van der Waals surface area contributed by atoms with Crippen molar-refractivity contribution in [3.63, 3.8) is 0 Å². The summed E-state index contributed by atoms with van der Waals surface area (Å²) in [4.78, 5) is 14.2. The maximum atomic E-state index is 13.7. The lowest BCUT2D eigenvalue weighted by molar-refractivity contribution is 0.0989. The van der Waals surface area contributed by atoms with Gasteiger partial charge in [0, 0.05) is 17.6 Å². The van der Waals surface area contributed by atoms with E-state index in [-0.39, 0.29) is 5.56 Å². The third-order valence-corrected chi connectivity index (χ3v) is 3.22. The lowest BCUT2D eigenvalue weighted by Crippen LogP contribution is -2.27. The average molecular weight is 291 g/mol. The summed E-state index contributed by atoms with van der Waals surface area (Å²) >= 11 is 4.12. The number of thiol groups is 1. The summed E-state index contributed by atoms with van der Waals surface area (Å²) in [5, 5.41) is 0. The molecule has 0 radical (unpaired) electrons. The number of carbonyl (C=O) groups is 1. The van der Waals surface area contributed by atoms with Gasteiger partial charge in [0.25, 0.3) is 5.91 Å². The molecule has 0 unspecified atom stereocenters. The molecule has 0 aliphatic rings. The summed E-state index contributed by atoms with van der Waals surface area (Å²) in [6.45, 7) is 0. The molecule has 0 atom stereocenters. The number of methoxy groups -OCH3 is 1. The fourth-order valence-corrected chi connectivity index (χ4v) is 1.98. The largest absolute Gasteiger partial charge is 0.497 e. The summed E-state index contributed by atoms with van der Waals surface area (Å²) in [5.41, 5.74) is 0.649. The second-order valence-electron chi connectivity index (χ2n) is 4.23. The molecule has 3 nitrogen and oxygen atoms in total. The number of ether oxygens (including phenoxy) is 1. The normalized spacial score (nSPS) is 10.2. The van der Waals surface area contributed by atoms with Crippen molar-refractivity contribution >= 4 is 24.2 Å². The highest BCUT2D eigenvalue weighted by Crippen LogP contribution is 2.21. The van der Waals surface area contributed by atoms with E-state index in [9.17, 15) is 9.18 Å². The number of benzene rings is 2. The van der Waals surface area contributed by atoms with E-state index >= 15 is 0 Å². The molecule has 2 aromatic carbocycles. The van der Waals surface area contributed by atoms with Crippen LogP contribution in [0.15, 0.2) is 47.4 Å². The molecule has 104 valence electrons. The first kappa shape index (κ1) is 14.4. The van der Waals surface area contributed by atoms with Crippen LogP contribution >= 0.6 is 12.6 Å². The molecule has 0 heterocycles. The molecule has 20 heavy (non-hydrogen) atoms. The predicted molar refractivity (Wildman–Crippen MR) is 79.4 cm³/mol. The number of rotatable bonds is 3. The number of halogens is 1. The summed E-state index contributed by atoms with van der Waals surface area (Å²) in [7, 11) is 3.16. The number of amides is 1. The Kier molecular flexibility index (Phi) is 4.29.